The van der Waals surface area contributed by atoms with E-state index in [0.717, 1.165) is 24.3 Å². The van der Waals surface area contributed by atoms with Gasteiger partial charge >= 0.3 is 0 Å². The molecule has 2 aromatic carbocycles. The second kappa shape index (κ2) is 8.31. The minimum absolute atomic E-state index is 0.0110. The minimum atomic E-state index is -0.369. The van der Waals surface area contributed by atoms with Crippen LogP contribution in [0, 0.1) is 5.82 Å². The van der Waals surface area contributed by atoms with E-state index in [2.05, 4.69) is 0 Å². The van der Waals surface area contributed by atoms with Gasteiger partial charge in [0.1, 0.15) is 30.9 Å². The molecular weight excluding hydrogens is 373 g/mol. The Morgan fingerprint density at radius 1 is 1.21 bits per heavy atom. The summed E-state index contributed by atoms with van der Waals surface area (Å²) in [5.74, 6) is 1.47. The molecule has 154 valence electrons. The van der Waals surface area contributed by atoms with Crippen molar-refractivity contribution in [3.63, 3.8) is 0 Å². The molecule has 1 fully saturated rings. The van der Waals surface area contributed by atoms with Gasteiger partial charge in [0.2, 0.25) is 0 Å². The van der Waals surface area contributed by atoms with Gasteiger partial charge in [0.15, 0.2) is 17.3 Å². The fourth-order valence-electron chi connectivity index (χ4n) is 3.98. The van der Waals surface area contributed by atoms with Crippen molar-refractivity contribution in [2.75, 3.05) is 31.2 Å². The van der Waals surface area contributed by atoms with Crippen molar-refractivity contribution in [2.45, 2.75) is 38.7 Å². The molecule has 29 heavy (non-hydrogen) atoms. The van der Waals surface area contributed by atoms with Crippen LogP contribution in [0.2, 0.25) is 0 Å². The van der Waals surface area contributed by atoms with E-state index in [1.165, 1.54) is 0 Å². The molecule has 2 aromatic rings. The summed E-state index contributed by atoms with van der Waals surface area (Å²) < 4.78 is 31.9. The van der Waals surface area contributed by atoms with Gasteiger partial charge in [-0.25, -0.2) is 4.39 Å². The zero-order chi connectivity index (χ0) is 20.4. The van der Waals surface area contributed by atoms with Crippen LogP contribution in [0.3, 0.4) is 0 Å². The van der Waals surface area contributed by atoms with E-state index < -0.39 is 0 Å². The monoisotopic (exact) mass is 399 g/mol. The Morgan fingerprint density at radius 3 is 2.72 bits per heavy atom. The number of fused-ring (bicyclic) bond motifs is 1. The fourth-order valence-corrected chi connectivity index (χ4v) is 3.98. The van der Waals surface area contributed by atoms with E-state index >= 15 is 0 Å². The summed E-state index contributed by atoms with van der Waals surface area (Å²) >= 11 is 0. The summed E-state index contributed by atoms with van der Waals surface area (Å²) in [6.07, 6.45) is 1.35. The fraction of sp³-hybridized carbons (Fsp3) is 0.435. The second-order valence-electron chi connectivity index (χ2n) is 7.77. The highest BCUT2D eigenvalue weighted by Gasteiger charge is 2.29. The minimum Gasteiger partial charge on any atom is -0.489 e. The number of halogens is 1. The Hall–Kier alpha value is -2.76. The molecule has 2 heterocycles. The van der Waals surface area contributed by atoms with Crippen molar-refractivity contribution in [2.24, 2.45) is 0 Å². The molecule has 2 atom stereocenters. The molecule has 1 unspecified atom stereocenters. The first-order valence-electron chi connectivity index (χ1n) is 10.1. The summed E-state index contributed by atoms with van der Waals surface area (Å²) in [5, 5.41) is 0. The van der Waals surface area contributed by atoms with Gasteiger partial charge in [-0.3, -0.25) is 0 Å². The standard InChI is InChI=1S/C23H26FNO4/c1-15(13-16(2)26)17-3-5-18(6-4-17)29-19-9-10-25(14-19)20-7-8-21-23(22(20)24)28-12-11-27-21/h3-8,15,19H,9-14H2,1-2H3/t15-,19?/m1/s1. The third-order valence-corrected chi connectivity index (χ3v) is 5.46. The van der Waals surface area contributed by atoms with Crippen molar-refractivity contribution >= 4 is 11.5 Å². The number of hydrogen-bond donors (Lipinski definition) is 0. The van der Waals surface area contributed by atoms with E-state index in [1.807, 2.05) is 36.1 Å². The molecule has 2 aliphatic heterocycles. The van der Waals surface area contributed by atoms with Crippen LogP contribution in [0.4, 0.5) is 10.1 Å². The van der Waals surface area contributed by atoms with Crippen LogP contribution in [-0.4, -0.2) is 38.2 Å². The number of carbonyl (C=O) groups is 1. The second-order valence-corrected chi connectivity index (χ2v) is 7.77. The van der Waals surface area contributed by atoms with E-state index in [1.54, 1.807) is 19.1 Å². The Balaban J connectivity index is 1.39. The maximum Gasteiger partial charge on any atom is 0.199 e. The van der Waals surface area contributed by atoms with Crippen LogP contribution in [0.15, 0.2) is 36.4 Å². The lowest BCUT2D eigenvalue weighted by atomic mass is 9.96. The molecular formula is C23H26FNO4. The molecule has 4 rings (SSSR count). The predicted molar refractivity (Wildman–Crippen MR) is 109 cm³/mol. The highest BCUT2D eigenvalue weighted by molar-refractivity contribution is 5.76. The van der Waals surface area contributed by atoms with E-state index in [9.17, 15) is 9.18 Å². The van der Waals surface area contributed by atoms with Gasteiger partial charge in [0.05, 0.1) is 12.2 Å². The van der Waals surface area contributed by atoms with Gasteiger partial charge < -0.3 is 23.9 Å². The highest BCUT2D eigenvalue weighted by Crippen LogP contribution is 2.39. The van der Waals surface area contributed by atoms with Crippen LogP contribution >= 0.6 is 0 Å². The Bertz CT molecular complexity index is 883. The largest absolute Gasteiger partial charge is 0.489 e. The smallest absolute Gasteiger partial charge is 0.199 e. The van der Waals surface area contributed by atoms with Crippen molar-refractivity contribution < 1.29 is 23.4 Å². The summed E-state index contributed by atoms with van der Waals surface area (Å²) in [6, 6.07) is 11.4. The van der Waals surface area contributed by atoms with Crippen LogP contribution in [0.25, 0.3) is 0 Å². The first kappa shape index (κ1) is 19.6. The molecule has 5 nitrogen and oxygen atoms in total. The third-order valence-electron chi connectivity index (χ3n) is 5.46. The van der Waals surface area contributed by atoms with E-state index in [4.69, 9.17) is 14.2 Å². The first-order valence-corrected chi connectivity index (χ1v) is 10.1. The van der Waals surface area contributed by atoms with Crippen LogP contribution < -0.4 is 19.1 Å². The number of ether oxygens (including phenoxy) is 3. The zero-order valence-corrected chi connectivity index (χ0v) is 16.8. The lowest BCUT2D eigenvalue weighted by molar-refractivity contribution is -0.117. The Kier molecular flexibility index (Phi) is 5.60. The van der Waals surface area contributed by atoms with Crippen molar-refractivity contribution in [3.8, 4) is 17.2 Å². The molecule has 0 aromatic heterocycles. The molecule has 1 saturated heterocycles. The summed E-state index contributed by atoms with van der Waals surface area (Å²) in [5.41, 5.74) is 1.65. The van der Waals surface area contributed by atoms with E-state index in [-0.39, 0.29) is 29.4 Å². The normalized spacial score (nSPS) is 19.1. The maximum atomic E-state index is 14.9. The van der Waals surface area contributed by atoms with Gasteiger partial charge in [0.25, 0.3) is 0 Å². The SMILES string of the molecule is CC(=O)C[C@@H](C)c1ccc(OC2CCN(c3ccc4c(c3F)OCCO4)C2)cc1. The van der Waals surface area contributed by atoms with Crippen molar-refractivity contribution in [1.29, 1.82) is 0 Å². The predicted octanol–water partition coefficient (Wildman–Crippen LogP) is 4.34. The zero-order valence-electron chi connectivity index (χ0n) is 16.8. The van der Waals surface area contributed by atoms with Crippen molar-refractivity contribution in [1.82, 2.24) is 0 Å². The van der Waals surface area contributed by atoms with Gasteiger partial charge in [0, 0.05) is 19.4 Å². The summed E-state index contributed by atoms with van der Waals surface area (Å²) in [7, 11) is 0. The highest BCUT2D eigenvalue weighted by atomic mass is 19.1. The number of hydrogen-bond acceptors (Lipinski definition) is 5. The number of nitrogens with zero attached hydrogens (tertiary/aromatic N) is 1. The van der Waals surface area contributed by atoms with Gasteiger partial charge in [-0.2, -0.15) is 0 Å². The molecule has 2 aliphatic rings. The topological polar surface area (TPSA) is 48.0 Å². The molecule has 0 aliphatic carbocycles. The number of Topliss-reactive ketones (excluding diaryl/α,β-unsaturated/α-hetero) is 1. The first-order chi connectivity index (χ1) is 14.0. The number of ketones is 1. The number of rotatable bonds is 6. The van der Waals surface area contributed by atoms with Gasteiger partial charge in [-0.15, -0.1) is 0 Å². The number of anilines is 1. The lowest BCUT2D eigenvalue weighted by Gasteiger charge is -2.24. The molecule has 0 bridgehead atoms. The molecule has 0 N–H and O–H groups in total. The average molecular weight is 399 g/mol. The van der Waals surface area contributed by atoms with Crippen LogP contribution in [-0.2, 0) is 4.79 Å². The molecule has 0 radical (unpaired) electrons. The van der Waals surface area contributed by atoms with Gasteiger partial charge in [-0.05, 0) is 42.7 Å². The number of carbonyl (C=O) groups excluding carboxylic acids is 1. The van der Waals surface area contributed by atoms with Crippen LogP contribution in [0.1, 0.15) is 38.2 Å². The average Bonchev–Trinajstić information content (AvgIpc) is 3.16. The van der Waals surface area contributed by atoms with Crippen molar-refractivity contribution in [3.05, 3.63) is 47.8 Å². The summed E-state index contributed by atoms with van der Waals surface area (Å²) in [6.45, 7) is 5.80. The Morgan fingerprint density at radius 2 is 1.97 bits per heavy atom. The molecule has 0 amide bonds. The van der Waals surface area contributed by atoms with Gasteiger partial charge in [-0.1, -0.05) is 19.1 Å². The van der Waals surface area contributed by atoms with Crippen LogP contribution in [0.5, 0.6) is 17.2 Å². The third kappa shape index (κ3) is 4.31. The summed E-state index contributed by atoms with van der Waals surface area (Å²) in [4.78, 5) is 13.3. The Labute approximate surface area is 170 Å². The quantitative estimate of drug-likeness (QED) is 0.723. The van der Waals surface area contributed by atoms with E-state index in [0.29, 0.717) is 37.6 Å². The molecule has 0 saturated carbocycles. The molecule has 6 heteroatoms. The lowest BCUT2D eigenvalue weighted by Crippen LogP contribution is -2.26. The molecule has 0 spiro atoms. The number of benzene rings is 2. The maximum absolute atomic E-state index is 14.9.